The summed E-state index contributed by atoms with van der Waals surface area (Å²) in [5.41, 5.74) is 0. The van der Waals surface area contributed by atoms with Gasteiger partial charge in [0, 0.05) is 12.6 Å². The number of thiol groups is 1. The molecule has 18 heavy (non-hydrogen) atoms. The van der Waals surface area contributed by atoms with Crippen molar-refractivity contribution in [3.05, 3.63) is 0 Å². The minimum Gasteiger partial charge on any atom is -0.300 e. The second-order valence-electron chi connectivity index (χ2n) is 6.22. The number of nitrogens with zero attached hydrogens (tertiary/aromatic N) is 1. The molecule has 0 N–H and O–H groups in total. The fourth-order valence-electron chi connectivity index (χ4n) is 3.00. The quantitative estimate of drug-likeness (QED) is 0.467. The highest BCUT2D eigenvalue weighted by atomic mass is 32.1. The molecular weight excluding hydrogens is 238 g/mol. The lowest BCUT2D eigenvalue weighted by Gasteiger charge is -2.36. The first-order valence-electron chi connectivity index (χ1n) is 8.09. The molecule has 0 aromatic heterocycles. The van der Waals surface area contributed by atoms with E-state index in [1.807, 2.05) is 0 Å². The Balaban J connectivity index is 1.93. The molecule has 0 spiro atoms. The topological polar surface area (TPSA) is 3.24 Å². The second-order valence-corrected chi connectivity index (χ2v) is 6.67. The molecule has 108 valence electrons. The Morgan fingerprint density at radius 2 is 1.50 bits per heavy atom. The molecule has 1 fully saturated rings. The van der Waals surface area contributed by atoms with Crippen molar-refractivity contribution in [2.24, 2.45) is 5.92 Å². The predicted octanol–water partition coefficient (Wildman–Crippen LogP) is 4.77. The van der Waals surface area contributed by atoms with Crippen LogP contribution in [-0.4, -0.2) is 29.8 Å². The average Bonchev–Trinajstić information content (AvgIpc) is 2.36. The Bertz CT molecular complexity index is 196. The zero-order chi connectivity index (χ0) is 13.2. The monoisotopic (exact) mass is 271 g/mol. The first kappa shape index (κ1) is 16.4. The predicted molar refractivity (Wildman–Crippen MR) is 85.6 cm³/mol. The highest BCUT2D eigenvalue weighted by Crippen LogP contribution is 2.21. The molecule has 1 saturated heterocycles. The van der Waals surface area contributed by atoms with Crippen LogP contribution in [0.3, 0.4) is 0 Å². The van der Waals surface area contributed by atoms with Crippen LogP contribution in [0.1, 0.15) is 71.6 Å². The number of likely N-dealkylation sites (tertiary alicyclic amines) is 1. The SMILES string of the molecule is CC1CCC(C)N(CCCCCCCCCS)C1. The van der Waals surface area contributed by atoms with Gasteiger partial charge >= 0.3 is 0 Å². The van der Waals surface area contributed by atoms with Crippen molar-refractivity contribution in [2.75, 3.05) is 18.8 Å². The van der Waals surface area contributed by atoms with Gasteiger partial charge in [-0.05, 0) is 50.8 Å². The molecule has 0 aliphatic carbocycles. The van der Waals surface area contributed by atoms with Gasteiger partial charge in [-0.3, -0.25) is 0 Å². The molecule has 2 atom stereocenters. The number of hydrogen-bond acceptors (Lipinski definition) is 2. The van der Waals surface area contributed by atoms with Crippen molar-refractivity contribution in [2.45, 2.75) is 77.7 Å². The van der Waals surface area contributed by atoms with Crippen molar-refractivity contribution in [1.82, 2.24) is 4.90 Å². The first-order chi connectivity index (χ1) is 8.74. The molecule has 1 nitrogen and oxygen atoms in total. The fourth-order valence-corrected chi connectivity index (χ4v) is 3.23. The standard InChI is InChI=1S/C16H33NS/c1-15-10-11-16(2)17(14-15)12-8-6-4-3-5-7-9-13-18/h15-16,18H,3-14H2,1-2H3. The van der Waals surface area contributed by atoms with E-state index in [1.165, 1.54) is 70.9 Å². The highest BCUT2D eigenvalue weighted by Gasteiger charge is 2.21. The maximum absolute atomic E-state index is 4.25. The average molecular weight is 272 g/mol. The summed E-state index contributed by atoms with van der Waals surface area (Å²) in [6.45, 7) is 7.48. The number of unbranched alkanes of at least 4 members (excludes halogenated alkanes) is 6. The van der Waals surface area contributed by atoms with Gasteiger partial charge in [-0.1, -0.05) is 39.0 Å². The van der Waals surface area contributed by atoms with E-state index in [0.29, 0.717) is 0 Å². The second kappa shape index (κ2) is 10.1. The van der Waals surface area contributed by atoms with Crippen molar-refractivity contribution in [3.8, 4) is 0 Å². The van der Waals surface area contributed by atoms with Crippen molar-refractivity contribution in [1.29, 1.82) is 0 Å². The van der Waals surface area contributed by atoms with Crippen molar-refractivity contribution >= 4 is 12.6 Å². The van der Waals surface area contributed by atoms with E-state index in [9.17, 15) is 0 Å². The normalized spacial score (nSPS) is 25.5. The van der Waals surface area contributed by atoms with Gasteiger partial charge in [-0.2, -0.15) is 12.6 Å². The summed E-state index contributed by atoms with van der Waals surface area (Å²) < 4.78 is 0. The van der Waals surface area contributed by atoms with Gasteiger partial charge in [0.05, 0.1) is 0 Å². The summed E-state index contributed by atoms with van der Waals surface area (Å²) in [6.07, 6.45) is 12.6. The zero-order valence-electron chi connectivity index (χ0n) is 12.5. The van der Waals surface area contributed by atoms with Crippen molar-refractivity contribution in [3.63, 3.8) is 0 Å². The van der Waals surface area contributed by atoms with E-state index in [1.54, 1.807) is 0 Å². The third-order valence-corrected chi connectivity index (χ3v) is 4.67. The molecule has 0 bridgehead atoms. The maximum atomic E-state index is 4.25. The van der Waals surface area contributed by atoms with Gasteiger partial charge in [0.1, 0.15) is 0 Å². The van der Waals surface area contributed by atoms with Crippen LogP contribution < -0.4 is 0 Å². The minimum absolute atomic E-state index is 0.830. The molecule has 1 rings (SSSR count). The number of hydrogen-bond donors (Lipinski definition) is 1. The third kappa shape index (κ3) is 7.04. The Labute approximate surface area is 120 Å². The molecule has 1 aliphatic rings. The highest BCUT2D eigenvalue weighted by molar-refractivity contribution is 7.80. The van der Waals surface area contributed by atoms with Crippen LogP contribution in [0.15, 0.2) is 0 Å². The molecule has 2 heteroatoms. The van der Waals surface area contributed by atoms with Crippen LogP contribution >= 0.6 is 12.6 Å². The summed E-state index contributed by atoms with van der Waals surface area (Å²) >= 11 is 4.25. The first-order valence-corrected chi connectivity index (χ1v) is 8.72. The zero-order valence-corrected chi connectivity index (χ0v) is 13.4. The van der Waals surface area contributed by atoms with Gasteiger partial charge < -0.3 is 4.90 Å². The van der Waals surface area contributed by atoms with Crippen LogP contribution in [0.2, 0.25) is 0 Å². The number of rotatable bonds is 9. The van der Waals surface area contributed by atoms with E-state index in [0.717, 1.165) is 17.7 Å². The lowest BCUT2D eigenvalue weighted by Crippen LogP contribution is -2.41. The van der Waals surface area contributed by atoms with E-state index < -0.39 is 0 Å². The van der Waals surface area contributed by atoms with E-state index in [-0.39, 0.29) is 0 Å². The number of piperidine rings is 1. The van der Waals surface area contributed by atoms with Gasteiger partial charge in [-0.25, -0.2) is 0 Å². The Morgan fingerprint density at radius 3 is 2.17 bits per heavy atom. The molecule has 1 heterocycles. The molecule has 1 aliphatic heterocycles. The molecule has 0 aromatic carbocycles. The minimum atomic E-state index is 0.830. The molecule has 2 unspecified atom stereocenters. The summed E-state index contributed by atoms with van der Waals surface area (Å²) in [6, 6.07) is 0.830. The van der Waals surface area contributed by atoms with Gasteiger partial charge in [0.2, 0.25) is 0 Å². The lowest BCUT2D eigenvalue weighted by molar-refractivity contribution is 0.122. The van der Waals surface area contributed by atoms with Gasteiger partial charge in [0.15, 0.2) is 0 Å². The lowest BCUT2D eigenvalue weighted by atomic mass is 9.95. The summed E-state index contributed by atoms with van der Waals surface area (Å²) in [5.74, 6) is 1.98. The molecular formula is C16H33NS. The van der Waals surface area contributed by atoms with Crippen LogP contribution in [0.25, 0.3) is 0 Å². The summed E-state index contributed by atoms with van der Waals surface area (Å²) in [4.78, 5) is 2.72. The Hall–Kier alpha value is 0.310. The van der Waals surface area contributed by atoms with E-state index in [2.05, 4.69) is 31.4 Å². The maximum Gasteiger partial charge on any atom is 0.00671 e. The smallest absolute Gasteiger partial charge is 0.00671 e. The third-order valence-electron chi connectivity index (χ3n) is 4.35. The Kier molecular flexibility index (Phi) is 9.22. The van der Waals surface area contributed by atoms with Gasteiger partial charge in [-0.15, -0.1) is 0 Å². The van der Waals surface area contributed by atoms with E-state index in [4.69, 9.17) is 0 Å². The molecule has 0 amide bonds. The molecule has 0 saturated carbocycles. The van der Waals surface area contributed by atoms with Crippen molar-refractivity contribution < 1.29 is 0 Å². The summed E-state index contributed by atoms with van der Waals surface area (Å²) in [5, 5.41) is 0. The van der Waals surface area contributed by atoms with Crippen LogP contribution in [0.5, 0.6) is 0 Å². The fraction of sp³-hybridized carbons (Fsp3) is 1.00. The molecule has 0 aromatic rings. The van der Waals surface area contributed by atoms with E-state index >= 15 is 0 Å². The molecule has 0 radical (unpaired) electrons. The largest absolute Gasteiger partial charge is 0.300 e. The Morgan fingerprint density at radius 1 is 0.889 bits per heavy atom. The van der Waals surface area contributed by atoms with Crippen LogP contribution in [-0.2, 0) is 0 Å². The summed E-state index contributed by atoms with van der Waals surface area (Å²) in [7, 11) is 0. The van der Waals surface area contributed by atoms with Crippen LogP contribution in [0, 0.1) is 5.92 Å². The van der Waals surface area contributed by atoms with Gasteiger partial charge in [0.25, 0.3) is 0 Å². The van der Waals surface area contributed by atoms with Crippen LogP contribution in [0.4, 0.5) is 0 Å².